The third-order valence-corrected chi connectivity index (χ3v) is 4.09. The van der Waals surface area contributed by atoms with Gasteiger partial charge in [0.1, 0.15) is 5.56 Å². The van der Waals surface area contributed by atoms with Gasteiger partial charge >= 0.3 is 0 Å². The van der Waals surface area contributed by atoms with Crippen molar-refractivity contribution in [1.29, 1.82) is 0 Å². The molecule has 7 nitrogen and oxygen atoms in total. The lowest BCUT2D eigenvalue weighted by Crippen LogP contribution is -2.32. The van der Waals surface area contributed by atoms with Crippen LogP contribution < -0.4 is 0 Å². The third kappa shape index (κ3) is 4.94. The summed E-state index contributed by atoms with van der Waals surface area (Å²) in [5.74, 6) is -17.3. The third-order valence-electron chi connectivity index (χ3n) is 4.09. The molecule has 2 aromatic rings. The van der Waals surface area contributed by atoms with Gasteiger partial charge in [-0.15, -0.1) is 0 Å². The minimum atomic E-state index is -2.25. The van der Waals surface area contributed by atoms with E-state index in [4.69, 9.17) is 5.11 Å². The zero-order valence-electron chi connectivity index (χ0n) is 15.8. The smallest absolute Gasteiger partial charge is 0.252 e. The molecule has 0 saturated heterocycles. The van der Waals surface area contributed by atoms with Crippen LogP contribution >= 0.6 is 0 Å². The van der Waals surface area contributed by atoms with E-state index < -0.39 is 95.4 Å². The van der Waals surface area contributed by atoms with Gasteiger partial charge in [-0.2, -0.15) is 27.5 Å². The molecule has 1 aliphatic rings. The van der Waals surface area contributed by atoms with E-state index >= 15 is 0 Å². The first-order valence-electron chi connectivity index (χ1n) is 8.46. The Bertz CT molecular complexity index is 987. The average Bonchev–Trinajstić information content (AvgIpc) is 2.72. The minimum Gasteiger partial charge on any atom is -0.448 e. The summed E-state index contributed by atoms with van der Waals surface area (Å²) >= 11 is 0. The summed E-state index contributed by atoms with van der Waals surface area (Å²) in [6.07, 6.45) is -5.47. The zero-order chi connectivity index (χ0) is 24.3. The van der Waals surface area contributed by atoms with Crippen LogP contribution in [0.25, 0.3) is 0 Å². The van der Waals surface area contributed by atoms with Crippen LogP contribution in [0.15, 0.2) is 4.99 Å². The summed E-state index contributed by atoms with van der Waals surface area (Å²) in [6, 6.07) is -1.41. The Kier molecular flexibility index (Phi) is 8.03. The van der Waals surface area contributed by atoms with Crippen LogP contribution in [0.3, 0.4) is 0 Å². The van der Waals surface area contributed by atoms with E-state index in [1.165, 1.54) is 0 Å². The predicted octanol–water partition coefficient (Wildman–Crippen LogP) is 2.18. The molecule has 176 valence electrons. The number of ether oxygens (including phenoxy) is 1. The summed E-state index contributed by atoms with van der Waals surface area (Å²) < 4.78 is 113. The topological polar surface area (TPSA) is 108 Å². The summed E-state index contributed by atoms with van der Waals surface area (Å²) in [7, 11) is 1.00. The SMILES string of the molecule is CO.OC1CC(CC(O)c2c(F)c(F)nc(F)c2F)N=C(c2c(F)c(F)nc(F)c2F)O1. The van der Waals surface area contributed by atoms with Gasteiger partial charge in [-0.05, 0) is 0 Å². The van der Waals surface area contributed by atoms with Gasteiger partial charge in [0.15, 0.2) is 23.3 Å². The summed E-state index contributed by atoms with van der Waals surface area (Å²) in [5, 5.41) is 26.7. The lowest BCUT2D eigenvalue weighted by atomic mass is 9.99. The fourth-order valence-corrected chi connectivity index (χ4v) is 2.78. The van der Waals surface area contributed by atoms with Gasteiger partial charge in [-0.25, -0.2) is 22.6 Å². The molecule has 15 heteroatoms. The number of pyridine rings is 2. The number of aliphatic hydroxyl groups is 3. The first-order chi connectivity index (χ1) is 15.0. The molecule has 0 spiro atoms. The van der Waals surface area contributed by atoms with Crippen molar-refractivity contribution in [2.24, 2.45) is 4.99 Å². The maximum atomic E-state index is 13.9. The number of aliphatic hydroxyl groups excluding tert-OH is 3. The van der Waals surface area contributed by atoms with Crippen molar-refractivity contribution in [3.63, 3.8) is 0 Å². The number of rotatable bonds is 4. The Morgan fingerprint density at radius 1 is 0.844 bits per heavy atom. The largest absolute Gasteiger partial charge is 0.448 e. The number of hydrogen-bond donors (Lipinski definition) is 3. The highest BCUT2D eigenvalue weighted by Gasteiger charge is 2.34. The highest BCUT2D eigenvalue weighted by atomic mass is 19.2. The molecule has 3 atom stereocenters. The van der Waals surface area contributed by atoms with E-state index in [1.807, 2.05) is 0 Å². The number of aromatic nitrogens is 2. The van der Waals surface area contributed by atoms with E-state index in [2.05, 4.69) is 19.7 Å². The Morgan fingerprint density at radius 2 is 1.28 bits per heavy atom. The molecular weight excluding hydrogens is 462 g/mol. The first kappa shape index (κ1) is 25.4. The molecule has 3 N–H and O–H groups in total. The summed E-state index contributed by atoms with van der Waals surface area (Å²) in [6.45, 7) is 0. The van der Waals surface area contributed by atoms with Gasteiger partial charge < -0.3 is 20.1 Å². The van der Waals surface area contributed by atoms with Crippen LogP contribution in [0, 0.1) is 47.1 Å². The highest BCUT2D eigenvalue weighted by Crippen LogP contribution is 2.31. The highest BCUT2D eigenvalue weighted by molar-refractivity contribution is 5.95. The quantitative estimate of drug-likeness (QED) is 0.462. The van der Waals surface area contributed by atoms with Crippen LogP contribution in [-0.2, 0) is 4.74 Å². The van der Waals surface area contributed by atoms with Crippen molar-refractivity contribution in [2.45, 2.75) is 31.3 Å². The molecule has 2 aromatic heterocycles. The Morgan fingerprint density at radius 3 is 1.75 bits per heavy atom. The lowest BCUT2D eigenvalue weighted by molar-refractivity contribution is -0.0498. The van der Waals surface area contributed by atoms with Gasteiger partial charge in [0, 0.05) is 20.0 Å². The van der Waals surface area contributed by atoms with Gasteiger partial charge in [0.05, 0.1) is 17.7 Å². The molecule has 0 fully saturated rings. The van der Waals surface area contributed by atoms with E-state index in [0.29, 0.717) is 0 Å². The molecule has 0 aromatic carbocycles. The van der Waals surface area contributed by atoms with Crippen LogP contribution in [0.2, 0.25) is 0 Å². The van der Waals surface area contributed by atoms with Crippen LogP contribution in [0.5, 0.6) is 0 Å². The fourth-order valence-electron chi connectivity index (χ4n) is 2.78. The van der Waals surface area contributed by atoms with Gasteiger partial charge in [0.25, 0.3) is 23.8 Å². The van der Waals surface area contributed by atoms with E-state index in [9.17, 15) is 45.3 Å². The zero-order valence-corrected chi connectivity index (χ0v) is 15.8. The standard InChI is InChI=1S/C16H9F8N3O3.CH4O/c17-8-6(9(18)13(22)26-12(8)21)4(28)1-3-2-5(29)30-16(25-3)7-10(19)14(23)27-15(24)11(7)20;1-2/h3-5,28-29H,1-2H2;2H,1H3. The average molecular weight is 475 g/mol. The molecule has 0 bridgehead atoms. The molecule has 3 unspecified atom stereocenters. The maximum absolute atomic E-state index is 13.9. The van der Waals surface area contributed by atoms with Crippen molar-refractivity contribution in [1.82, 2.24) is 9.97 Å². The molecule has 32 heavy (non-hydrogen) atoms. The van der Waals surface area contributed by atoms with Crippen molar-refractivity contribution in [2.75, 3.05) is 7.11 Å². The second-order valence-electron chi connectivity index (χ2n) is 6.08. The normalized spacial score (nSPS) is 18.9. The Hall–Kier alpha value is -2.91. The summed E-state index contributed by atoms with van der Waals surface area (Å²) in [5.41, 5.74) is -2.90. The van der Waals surface area contributed by atoms with E-state index in [1.54, 1.807) is 0 Å². The fraction of sp³-hybridized carbons (Fsp3) is 0.353. The van der Waals surface area contributed by atoms with Gasteiger partial charge in [-0.1, -0.05) is 0 Å². The summed E-state index contributed by atoms with van der Waals surface area (Å²) in [4.78, 5) is 8.21. The van der Waals surface area contributed by atoms with Crippen LogP contribution in [-0.4, -0.2) is 50.6 Å². The second kappa shape index (κ2) is 10.1. The molecular formula is C17H13F8N3O4. The van der Waals surface area contributed by atoms with E-state index in [-0.39, 0.29) is 0 Å². The molecule has 0 amide bonds. The number of aliphatic imine (C=N–C) groups is 1. The monoisotopic (exact) mass is 475 g/mol. The molecule has 0 saturated carbocycles. The number of nitrogens with zero attached hydrogens (tertiary/aromatic N) is 3. The minimum absolute atomic E-state index is 0.515. The Labute approximate surface area is 173 Å². The molecule has 3 rings (SSSR count). The second-order valence-corrected chi connectivity index (χ2v) is 6.08. The van der Waals surface area contributed by atoms with Gasteiger partial charge in [0.2, 0.25) is 12.2 Å². The molecule has 0 radical (unpaired) electrons. The molecule has 0 aliphatic carbocycles. The predicted molar refractivity (Wildman–Crippen MR) is 87.9 cm³/mol. The van der Waals surface area contributed by atoms with Crippen LogP contribution in [0.1, 0.15) is 30.1 Å². The van der Waals surface area contributed by atoms with Gasteiger partial charge in [-0.3, -0.25) is 0 Å². The van der Waals surface area contributed by atoms with Crippen molar-refractivity contribution >= 4 is 5.90 Å². The number of halogens is 8. The Balaban J connectivity index is 0.00000176. The van der Waals surface area contributed by atoms with Crippen LogP contribution in [0.4, 0.5) is 35.1 Å². The number of hydrogen-bond acceptors (Lipinski definition) is 7. The molecule has 1 aliphatic heterocycles. The van der Waals surface area contributed by atoms with Crippen molar-refractivity contribution in [3.05, 3.63) is 58.2 Å². The maximum Gasteiger partial charge on any atom is 0.252 e. The van der Waals surface area contributed by atoms with Crippen molar-refractivity contribution < 1.29 is 55.2 Å². The molecule has 3 heterocycles. The lowest BCUT2D eigenvalue weighted by Gasteiger charge is -2.27. The van der Waals surface area contributed by atoms with Crippen molar-refractivity contribution in [3.8, 4) is 0 Å². The first-order valence-corrected chi connectivity index (χ1v) is 8.46. The van der Waals surface area contributed by atoms with E-state index in [0.717, 1.165) is 7.11 Å².